The van der Waals surface area contributed by atoms with Crippen LogP contribution >= 0.6 is 0 Å². The van der Waals surface area contributed by atoms with Crippen molar-refractivity contribution in [3.63, 3.8) is 0 Å². The third-order valence-electron chi connectivity index (χ3n) is 4.83. The topological polar surface area (TPSA) is 92.5 Å². The average Bonchev–Trinajstić information content (AvgIpc) is 3.11. The normalized spacial score (nSPS) is 20.2. The van der Waals surface area contributed by atoms with Crippen LogP contribution in [-0.2, 0) is 10.0 Å². The van der Waals surface area contributed by atoms with Crippen molar-refractivity contribution in [2.45, 2.75) is 55.9 Å². The van der Waals surface area contributed by atoms with Gasteiger partial charge in [0.1, 0.15) is 5.69 Å². The fourth-order valence-electron chi connectivity index (χ4n) is 3.49. The summed E-state index contributed by atoms with van der Waals surface area (Å²) in [5.41, 5.74) is 0.244. The number of benzene rings is 1. The molecule has 7 nitrogen and oxygen atoms in total. The summed E-state index contributed by atoms with van der Waals surface area (Å²) in [4.78, 5) is 10.9. The molecule has 0 unspecified atom stereocenters. The van der Waals surface area contributed by atoms with Gasteiger partial charge in [0.05, 0.1) is 9.82 Å². The van der Waals surface area contributed by atoms with E-state index in [9.17, 15) is 18.5 Å². The number of anilines is 1. The van der Waals surface area contributed by atoms with Crippen molar-refractivity contribution < 1.29 is 13.3 Å². The molecule has 0 aromatic heterocycles. The highest BCUT2D eigenvalue weighted by Crippen LogP contribution is 2.32. The average molecular weight is 353 g/mol. The van der Waals surface area contributed by atoms with Gasteiger partial charge in [-0.1, -0.05) is 19.3 Å². The maximum absolute atomic E-state index is 12.6. The van der Waals surface area contributed by atoms with Crippen LogP contribution in [0.15, 0.2) is 23.1 Å². The molecule has 1 aromatic rings. The summed E-state index contributed by atoms with van der Waals surface area (Å²) in [5, 5.41) is 14.6. The zero-order valence-electron chi connectivity index (χ0n) is 13.6. The largest absolute Gasteiger partial charge is 0.377 e. The van der Waals surface area contributed by atoms with E-state index in [1.807, 2.05) is 0 Å². The Morgan fingerprint density at radius 2 is 1.75 bits per heavy atom. The molecule has 1 aliphatic carbocycles. The monoisotopic (exact) mass is 353 g/mol. The first-order valence-electron chi connectivity index (χ1n) is 8.53. The summed E-state index contributed by atoms with van der Waals surface area (Å²) < 4.78 is 26.6. The lowest BCUT2D eigenvalue weighted by molar-refractivity contribution is -0.384. The van der Waals surface area contributed by atoms with Gasteiger partial charge in [-0.3, -0.25) is 10.1 Å². The van der Waals surface area contributed by atoms with Crippen molar-refractivity contribution in [2.75, 3.05) is 18.4 Å². The van der Waals surface area contributed by atoms with Gasteiger partial charge in [0.15, 0.2) is 0 Å². The Kier molecular flexibility index (Phi) is 5.05. The van der Waals surface area contributed by atoms with Gasteiger partial charge in [0.2, 0.25) is 10.0 Å². The molecule has 1 aliphatic heterocycles. The number of hydrogen-bond acceptors (Lipinski definition) is 5. The highest BCUT2D eigenvalue weighted by atomic mass is 32.2. The zero-order valence-corrected chi connectivity index (χ0v) is 14.4. The standard InChI is InChI=1S/C16H23N3O4S/c20-19(21)16-12-14(24(22,23)18-10-4-5-11-18)8-9-15(16)17-13-6-2-1-3-7-13/h8-9,12-13,17H,1-7,10-11H2. The summed E-state index contributed by atoms with van der Waals surface area (Å²) in [6.45, 7) is 0.969. The molecule has 2 aliphatic rings. The Morgan fingerprint density at radius 1 is 1.08 bits per heavy atom. The van der Waals surface area contributed by atoms with E-state index in [4.69, 9.17) is 0 Å². The second kappa shape index (κ2) is 7.06. The van der Waals surface area contributed by atoms with E-state index in [0.717, 1.165) is 38.5 Å². The van der Waals surface area contributed by atoms with Crippen LogP contribution in [0.5, 0.6) is 0 Å². The van der Waals surface area contributed by atoms with Crippen molar-refractivity contribution in [3.8, 4) is 0 Å². The van der Waals surface area contributed by atoms with E-state index >= 15 is 0 Å². The molecule has 24 heavy (non-hydrogen) atoms. The van der Waals surface area contributed by atoms with Gasteiger partial charge in [-0.05, 0) is 37.8 Å². The quantitative estimate of drug-likeness (QED) is 0.648. The predicted molar refractivity (Wildman–Crippen MR) is 91.6 cm³/mol. The third kappa shape index (κ3) is 3.54. The minimum atomic E-state index is -3.64. The van der Waals surface area contributed by atoms with Crippen LogP contribution < -0.4 is 5.32 Å². The lowest BCUT2D eigenvalue weighted by Crippen LogP contribution is -2.28. The van der Waals surface area contributed by atoms with Crippen LogP contribution in [0.4, 0.5) is 11.4 Å². The van der Waals surface area contributed by atoms with E-state index in [0.29, 0.717) is 18.8 Å². The minimum Gasteiger partial charge on any atom is -0.377 e. The molecular formula is C16H23N3O4S. The molecule has 0 spiro atoms. The highest BCUT2D eigenvalue weighted by molar-refractivity contribution is 7.89. The Balaban J connectivity index is 1.88. The number of hydrogen-bond donors (Lipinski definition) is 1. The summed E-state index contributed by atoms with van der Waals surface area (Å²) in [7, 11) is -3.64. The van der Waals surface area contributed by atoms with E-state index in [1.54, 1.807) is 0 Å². The van der Waals surface area contributed by atoms with E-state index in [-0.39, 0.29) is 16.6 Å². The first-order valence-corrected chi connectivity index (χ1v) is 9.97. The zero-order chi connectivity index (χ0) is 17.2. The minimum absolute atomic E-state index is 0.00490. The molecule has 0 atom stereocenters. The van der Waals surface area contributed by atoms with E-state index < -0.39 is 14.9 Å². The van der Waals surface area contributed by atoms with Gasteiger partial charge in [-0.15, -0.1) is 0 Å². The number of nitro groups is 1. The smallest absolute Gasteiger partial charge is 0.293 e. The molecule has 1 saturated carbocycles. The van der Waals surface area contributed by atoms with Crippen LogP contribution in [-0.4, -0.2) is 36.8 Å². The number of nitro benzene ring substituents is 1. The van der Waals surface area contributed by atoms with Crippen LogP contribution in [0.2, 0.25) is 0 Å². The third-order valence-corrected chi connectivity index (χ3v) is 6.73. The van der Waals surface area contributed by atoms with E-state index in [2.05, 4.69) is 5.32 Å². The maximum Gasteiger partial charge on any atom is 0.293 e. The SMILES string of the molecule is O=[N+]([O-])c1cc(S(=O)(=O)N2CCCC2)ccc1NC1CCCCC1. The molecule has 132 valence electrons. The van der Waals surface area contributed by atoms with Crippen molar-refractivity contribution in [1.82, 2.24) is 4.31 Å². The molecule has 1 N–H and O–H groups in total. The Hall–Kier alpha value is -1.67. The van der Waals surface area contributed by atoms with Crippen LogP contribution in [0, 0.1) is 10.1 Å². The molecule has 0 radical (unpaired) electrons. The van der Waals surface area contributed by atoms with Crippen molar-refractivity contribution in [1.29, 1.82) is 0 Å². The first kappa shape index (κ1) is 17.2. The summed E-state index contributed by atoms with van der Waals surface area (Å²) in [5.74, 6) is 0. The molecule has 1 saturated heterocycles. The van der Waals surface area contributed by atoms with Crippen LogP contribution in [0.25, 0.3) is 0 Å². The van der Waals surface area contributed by atoms with Crippen molar-refractivity contribution in [2.24, 2.45) is 0 Å². The molecular weight excluding hydrogens is 330 g/mol. The number of nitrogens with zero attached hydrogens (tertiary/aromatic N) is 2. The highest BCUT2D eigenvalue weighted by Gasteiger charge is 2.29. The van der Waals surface area contributed by atoms with Gasteiger partial charge < -0.3 is 5.32 Å². The maximum atomic E-state index is 12.6. The van der Waals surface area contributed by atoms with Crippen LogP contribution in [0.1, 0.15) is 44.9 Å². The second-order valence-corrected chi connectivity index (χ2v) is 8.46. The Bertz CT molecular complexity index is 708. The molecule has 0 amide bonds. The lowest BCUT2D eigenvalue weighted by atomic mass is 9.95. The summed E-state index contributed by atoms with van der Waals surface area (Å²) in [6.07, 6.45) is 7.09. The number of sulfonamides is 1. The lowest BCUT2D eigenvalue weighted by Gasteiger charge is -2.24. The first-order chi connectivity index (χ1) is 11.5. The Labute approximate surface area is 142 Å². The van der Waals surface area contributed by atoms with Crippen molar-refractivity contribution in [3.05, 3.63) is 28.3 Å². The van der Waals surface area contributed by atoms with E-state index in [1.165, 1.54) is 28.9 Å². The van der Waals surface area contributed by atoms with Gasteiger partial charge in [-0.25, -0.2) is 8.42 Å². The number of nitrogens with one attached hydrogen (secondary N) is 1. The second-order valence-electron chi connectivity index (χ2n) is 6.53. The summed E-state index contributed by atoms with van der Waals surface area (Å²) >= 11 is 0. The van der Waals surface area contributed by atoms with Gasteiger partial charge in [-0.2, -0.15) is 4.31 Å². The fourth-order valence-corrected chi connectivity index (χ4v) is 5.03. The van der Waals surface area contributed by atoms with Crippen LogP contribution in [0.3, 0.4) is 0 Å². The molecule has 1 heterocycles. The van der Waals surface area contributed by atoms with Gasteiger partial charge in [0, 0.05) is 25.2 Å². The molecule has 1 aromatic carbocycles. The van der Waals surface area contributed by atoms with Crippen molar-refractivity contribution >= 4 is 21.4 Å². The molecule has 0 bridgehead atoms. The number of rotatable bonds is 5. The van der Waals surface area contributed by atoms with Gasteiger partial charge >= 0.3 is 0 Å². The predicted octanol–water partition coefficient (Wildman–Crippen LogP) is 3.12. The Morgan fingerprint density at radius 3 is 2.38 bits per heavy atom. The molecule has 3 rings (SSSR count). The van der Waals surface area contributed by atoms with Gasteiger partial charge in [0.25, 0.3) is 5.69 Å². The molecule has 8 heteroatoms. The fraction of sp³-hybridized carbons (Fsp3) is 0.625. The summed E-state index contributed by atoms with van der Waals surface area (Å²) in [6, 6.07) is 4.43. The molecule has 2 fully saturated rings.